The zero-order valence-electron chi connectivity index (χ0n) is 14.0. The summed E-state index contributed by atoms with van der Waals surface area (Å²) in [6, 6.07) is 5.69. The zero-order valence-corrected chi connectivity index (χ0v) is 14.0. The molecule has 2 N–H and O–H groups in total. The van der Waals surface area contributed by atoms with Gasteiger partial charge in [0.05, 0.1) is 38.9 Å². The lowest BCUT2D eigenvalue weighted by atomic mass is 9.97. The van der Waals surface area contributed by atoms with E-state index in [2.05, 4.69) is 5.32 Å². The Kier molecular flexibility index (Phi) is 5.98. The number of rotatable bonds is 5. The Bertz CT molecular complexity index is 566. The van der Waals surface area contributed by atoms with Gasteiger partial charge in [0.25, 0.3) is 5.91 Å². The van der Waals surface area contributed by atoms with Crippen LogP contribution in [0.4, 0.5) is 5.69 Å². The second kappa shape index (κ2) is 7.97. The largest absolute Gasteiger partial charge is 0.495 e. The zero-order chi connectivity index (χ0) is 16.8. The first-order valence-electron chi connectivity index (χ1n) is 7.89. The lowest BCUT2D eigenvalue weighted by Crippen LogP contribution is -3.14. The molecule has 1 heterocycles. The van der Waals surface area contributed by atoms with Crippen LogP contribution in [-0.4, -0.2) is 45.7 Å². The van der Waals surface area contributed by atoms with Crippen LogP contribution in [0.3, 0.4) is 0 Å². The van der Waals surface area contributed by atoms with E-state index < -0.39 is 0 Å². The van der Waals surface area contributed by atoms with E-state index in [-0.39, 0.29) is 17.8 Å². The SMILES string of the molecule is COC(=O)C1CC[NH+](CC(=O)Nc2cc(C)ccc2OC)CC1. The molecule has 0 aliphatic carbocycles. The van der Waals surface area contributed by atoms with Gasteiger partial charge in [-0.3, -0.25) is 9.59 Å². The summed E-state index contributed by atoms with van der Waals surface area (Å²) < 4.78 is 10.1. The Morgan fingerprint density at radius 2 is 1.96 bits per heavy atom. The van der Waals surface area contributed by atoms with E-state index in [1.807, 2.05) is 25.1 Å². The second-order valence-electron chi connectivity index (χ2n) is 5.98. The van der Waals surface area contributed by atoms with Crippen LogP contribution in [-0.2, 0) is 14.3 Å². The van der Waals surface area contributed by atoms with E-state index in [1.165, 1.54) is 12.0 Å². The molecule has 0 radical (unpaired) electrons. The van der Waals surface area contributed by atoms with Crippen LogP contribution in [0.15, 0.2) is 18.2 Å². The molecule has 1 aromatic rings. The van der Waals surface area contributed by atoms with Crippen molar-refractivity contribution in [3.05, 3.63) is 23.8 Å². The number of quaternary nitrogens is 1. The van der Waals surface area contributed by atoms with Crippen molar-refractivity contribution in [3.63, 3.8) is 0 Å². The lowest BCUT2D eigenvalue weighted by Gasteiger charge is -2.27. The van der Waals surface area contributed by atoms with Crippen LogP contribution in [0, 0.1) is 12.8 Å². The van der Waals surface area contributed by atoms with E-state index in [0.717, 1.165) is 31.5 Å². The molecular weight excluding hydrogens is 296 g/mol. The number of piperidine rings is 1. The van der Waals surface area contributed by atoms with Crippen molar-refractivity contribution in [2.24, 2.45) is 5.92 Å². The molecule has 0 unspecified atom stereocenters. The summed E-state index contributed by atoms with van der Waals surface area (Å²) in [6.07, 6.45) is 1.53. The number of hydrogen-bond acceptors (Lipinski definition) is 4. The Morgan fingerprint density at radius 3 is 2.57 bits per heavy atom. The number of amides is 1. The monoisotopic (exact) mass is 321 g/mol. The van der Waals surface area contributed by atoms with Crippen molar-refractivity contribution >= 4 is 17.6 Å². The Balaban J connectivity index is 1.87. The predicted molar refractivity (Wildman–Crippen MR) is 86.7 cm³/mol. The Labute approximate surface area is 136 Å². The summed E-state index contributed by atoms with van der Waals surface area (Å²) in [6.45, 7) is 3.97. The molecule has 0 aromatic heterocycles. The molecule has 1 fully saturated rings. The number of ether oxygens (including phenoxy) is 2. The van der Waals surface area contributed by atoms with E-state index in [4.69, 9.17) is 9.47 Å². The molecule has 0 bridgehead atoms. The van der Waals surface area contributed by atoms with E-state index in [9.17, 15) is 9.59 Å². The topological polar surface area (TPSA) is 69.1 Å². The highest BCUT2D eigenvalue weighted by atomic mass is 16.5. The minimum atomic E-state index is -0.141. The number of nitrogens with one attached hydrogen (secondary N) is 2. The maximum atomic E-state index is 12.3. The third-order valence-corrected chi connectivity index (χ3v) is 4.27. The maximum absolute atomic E-state index is 12.3. The van der Waals surface area contributed by atoms with E-state index in [0.29, 0.717) is 18.0 Å². The molecule has 1 saturated heterocycles. The van der Waals surface area contributed by atoms with Gasteiger partial charge >= 0.3 is 5.97 Å². The number of aryl methyl sites for hydroxylation is 1. The molecule has 2 rings (SSSR count). The fourth-order valence-electron chi connectivity index (χ4n) is 2.95. The minimum Gasteiger partial charge on any atom is -0.495 e. The number of carbonyl (C=O) groups excluding carboxylic acids is 2. The molecule has 0 atom stereocenters. The molecular formula is C17H25N2O4+. The van der Waals surface area contributed by atoms with Gasteiger partial charge in [0, 0.05) is 12.8 Å². The third kappa shape index (κ3) is 4.69. The Hall–Kier alpha value is -2.08. The molecule has 1 amide bonds. The van der Waals surface area contributed by atoms with Gasteiger partial charge < -0.3 is 19.7 Å². The van der Waals surface area contributed by atoms with Crippen LogP contribution in [0.2, 0.25) is 0 Å². The van der Waals surface area contributed by atoms with Crippen LogP contribution < -0.4 is 15.0 Å². The van der Waals surface area contributed by atoms with Crippen molar-refractivity contribution in [2.45, 2.75) is 19.8 Å². The number of likely N-dealkylation sites (tertiary alicyclic amines) is 1. The number of esters is 1. The number of hydrogen-bond donors (Lipinski definition) is 2. The molecule has 1 aliphatic rings. The van der Waals surface area contributed by atoms with Crippen molar-refractivity contribution in [3.8, 4) is 5.75 Å². The molecule has 0 saturated carbocycles. The van der Waals surface area contributed by atoms with E-state index >= 15 is 0 Å². The quantitative estimate of drug-likeness (QED) is 0.771. The fourth-order valence-corrected chi connectivity index (χ4v) is 2.95. The van der Waals surface area contributed by atoms with Crippen molar-refractivity contribution in [1.29, 1.82) is 0 Å². The summed E-state index contributed by atoms with van der Waals surface area (Å²) in [7, 11) is 3.01. The average Bonchev–Trinajstić information content (AvgIpc) is 2.55. The van der Waals surface area contributed by atoms with Gasteiger partial charge in [-0.15, -0.1) is 0 Å². The summed E-state index contributed by atoms with van der Waals surface area (Å²) in [5, 5.41) is 2.92. The summed E-state index contributed by atoms with van der Waals surface area (Å²) >= 11 is 0. The number of benzene rings is 1. The van der Waals surface area contributed by atoms with Crippen molar-refractivity contribution in [1.82, 2.24) is 0 Å². The first-order valence-corrected chi connectivity index (χ1v) is 7.89. The minimum absolute atomic E-state index is 0.0244. The van der Waals surface area contributed by atoms with Crippen molar-refractivity contribution in [2.75, 3.05) is 39.2 Å². The van der Waals surface area contributed by atoms with Crippen LogP contribution >= 0.6 is 0 Å². The molecule has 6 nitrogen and oxygen atoms in total. The van der Waals surface area contributed by atoms with Crippen LogP contribution in [0.1, 0.15) is 18.4 Å². The molecule has 23 heavy (non-hydrogen) atoms. The van der Waals surface area contributed by atoms with Gasteiger partial charge in [0.15, 0.2) is 6.54 Å². The smallest absolute Gasteiger partial charge is 0.309 e. The highest BCUT2D eigenvalue weighted by molar-refractivity contribution is 5.93. The molecule has 1 aliphatic heterocycles. The van der Waals surface area contributed by atoms with Gasteiger partial charge in [0.1, 0.15) is 5.75 Å². The molecule has 6 heteroatoms. The fraction of sp³-hybridized carbons (Fsp3) is 0.529. The lowest BCUT2D eigenvalue weighted by molar-refractivity contribution is -0.897. The van der Waals surface area contributed by atoms with Gasteiger partial charge in [-0.25, -0.2) is 0 Å². The van der Waals surface area contributed by atoms with Gasteiger partial charge in [-0.05, 0) is 24.6 Å². The molecule has 0 spiro atoms. The number of methoxy groups -OCH3 is 2. The third-order valence-electron chi connectivity index (χ3n) is 4.27. The maximum Gasteiger partial charge on any atom is 0.309 e. The molecule has 1 aromatic carbocycles. The summed E-state index contributed by atoms with van der Waals surface area (Å²) in [5.74, 6) is 0.449. The summed E-state index contributed by atoms with van der Waals surface area (Å²) in [5.41, 5.74) is 1.76. The normalized spacial score (nSPS) is 20.7. The number of carbonyl (C=O) groups is 2. The predicted octanol–water partition coefficient (Wildman–Crippen LogP) is 0.410. The average molecular weight is 321 g/mol. The second-order valence-corrected chi connectivity index (χ2v) is 5.98. The van der Waals surface area contributed by atoms with Gasteiger partial charge in [-0.1, -0.05) is 6.07 Å². The first-order chi connectivity index (χ1) is 11.0. The standard InChI is InChI=1S/C17H24N2O4/c1-12-4-5-15(22-2)14(10-12)18-16(20)11-19-8-6-13(7-9-19)17(21)23-3/h4-5,10,13H,6-9,11H2,1-3H3,(H,18,20)/p+1. The van der Waals surface area contributed by atoms with Gasteiger partial charge in [-0.2, -0.15) is 0 Å². The highest BCUT2D eigenvalue weighted by Gasteiger charge is 2.29. The molecule has 126 valence electrons. The Morgan fingerprint density at radius 1 is 1.26 bits per heavy atom. The van der Waals surface area contributed by atoms with Crippen LogP contribution in [0.5, 0.6) is 5.75 Å². The number of anilines is 1. The van der Waals surface area contributed by atoms with E-state index in [1.54, 1.807) is 7.11 Å². The first kappa shape index (κ1) is 17.3. The van der Waals surface area contributed by atoms with Crippen LogP contribution in [0.25, 0.3) is 0 Å². The van der Waals surface area contributed by atoms with Crippen molar-refractivity contribution < 1.29 is 24.0 Å². The highest BCUT2D eigenvalue weighted by Crippen LogP contribution is 2.24. The summed E-state index contributed by atoms with van der Waals surface area (Å²) in [4.78, 5) is 25.0. The van der Waals surface area contributed by atoms with Gasteiger partial charge in [0.2, 0.25) is 0 Å².